The highest BCUT2D eigenvalue weighted by atomic mass is 14.9. The van der Waals surface area contributed by atoms with Crippen LogP contribution in [0.2, 0.25) is 0 Å². The summed E-state index contributed by atoms with van der Waals surface area (Å²) in [4.78, 5) is 0. The summed E-state index contributed by atoms with van der Waals surface area (Å²) in [5.41, 5.74) is 2.52. The van der Waals surface area contributed by atoms with Gasteiger partial charge in [0.15, 0.2) is 0 Å². The molecule has 0 saturated heterocycles. The molecule has 5 aliphatic carbocycles. The van der Waals surface area contributed by atoms with Gasteiger partial charge in [0.1, 0.15) is 0 Å². The largest absolute Gasteiger partial charge is 0.0648 e. The summed E-state index contributed by atoms with van der Waals surface area (Å²) >= 11 is 0. The first-order chi connectivity index (χ1) is 9.90. The molecular formula is C22H38. The number of hydrogen-bond acceptors (Lipinski definition) is 0. The van der Waals surface area contributed by atoms with Crippen LogP contribution in [0, 0.1) is 62.6 Å². The van der Waals surface area contributed by atoms with Gasteiger partial charge < -0.3 is 0 Å². The highest BCUT2D eigenvalue weighted by Gasteiger charge is 2.89. The first-order valence-electron chi connectivity index (χ1n) is 9.90. The van der Waals surface area contributed by atoms with Crippen molar-refractivity contribution in [3.05, 3.63) is 0 Å². The zero-order valence-corrected chi connectivity index (χ0v) is 16.7. The van der Waals surface area contributed by atoms with Gasteiger partial charge in [0.2, 0.25) is 0 Å². The molecular weight excluding hydrogens is 264 g/mol. The Kier molecular flexibility index (Phi) is 2.47. The molecule has 0 spiro atoms. The third kappa shape index (κ3) is 0.932. The third-order valence-corrected chi connectivity index (χ3v) is 12.2. The molecule has 5 saturated carbocycles. The zero-order valence-electron chi connectivity index (χ0n) is 16.7. The Bertz CT molecular complexity index is 546. The SMILES string of the molecule is CCC1(C)C2(C)C3C4C(C)C(C)(C4C1(C)C3C)C(C)(C)C2C. The Morgan fingerprint density at radius 2 is 1.27 bits per heavy atom. The fourth-order valence-electron chi connectivity index (χ4n) is 10.2. The predicted octanol–water partition coefficient (Wildman–Crippen LogP) is 6.26. The van der Waals surface area contributed by atoms with Crippen LogP contribution >= 0.6 is 0 Å². The van der Waals surface area contributed by atoms with Crippen molar-refractivity contribution in [2.24, 2.45) is 62.6 Å². The maximum absolute atomic E-state index is 2.71. The topological polar surface area (TPSA) is 0 Å². The van der Waals surface area contributed by atoms with Gasteiger partial charge in [-0.3, -0.25) is 0 Å². The summed E-state index contributed by atoms with van der Waals surface area (Å²) < 4.78 is 0. The summed E-state index contributed by atoms with van der Waals surface area (Å²) in [5, 5.41) is 0. The lowest BCUT2D eigenvalue weighted by Gasteiger charge is -2.70. The highest BCUT2D eigenvalue weighted by Crippen LogP contribution is 2.94. The summed E-state index contributed by atoms with van der Waals surface area (Å²) in [5.74, 6) is 5.52. The van der Waals surface area contributed by atoms with E-state index in [1.807, 2.05) is 0 Å². The lowest BCUT2D eigenvalue weighted by Crippen LogP contribution is -2.66. The molecule has 22 heavy (non-hydrogen) atoms. The van der Waals surface area contributed by atoms with E-state index in [1.54, 1.807) is 0 Å². The quantitative estimate of drug-likeness (QED) is 0.536. The van der Waals surface area contributed by atoms with Crippen LogP contribution in [0.15, 0.2) is 0 Å². The second-order valence-electron chi connectivity index (χ2n) is 11.1. The van der Waals surface area contributed by atoms with E-state index in [-0.39, 0.29) is 0 Å². The Labute approximate surface area is 138 Å². The number of hydrogen-bond donors (Lipinski definition) is 0. The molecule has 0 aromatic rings. The van der Waals surface area contributed by atoms with E-state index in [9.17, 15) is 0 Å². The molecule has 0 heterocycles. The van der Waals surface area contributed by atoms with E-state index in [0.717, 1.165) is 35.5 Å². The van der Waals surface area contributed by atoms with Crippen molar-refractivity contribution in [2.75, 3.05) is 0 Å². The maximum Gasteiger partial charge on any atom is -0.0201 e. The van der Waals surface area contributed by atoms with Crippen molar-refractivity contribution in [2.45, 2.75) is 75.7 Å². The minimum atomic E-state index is 0.450. The molecule has 10 atom stereocenters. The molecule has 10 unspecified atom stereocenters. The zero-order chi connectivity index (χ0) is 16.7. The van der Waals surface area contributed by atoms with Crippen LogP contribution in [-0.4, -0.2) is 0 Å². The molecule has 0 N–H and O–H groups in total. The molecule has 5 bridgehead atoms. The Morgan fingerprint density at radius 3 is 1.77 bits per heavy atom. The molecule has 5 rings (SSSR count). The van der Waals surface area contributed by atoms with E-state index in [4.69, 9.17) is 0 Å². The molecule has 0 radical (unpaired) electrons. The van der Waals surface area contributed by atoms with Gasteiger partial charge in [-0.25, -0.2) is 0 Å². The Balaban J connectivity index is 2.10. The molecule has 0 heteroatoms. The molecule has 5 aliphatic rings. The van der Waals surface area contributed by atoms with Crippen LogP contribution < -0.4 is 0 Å². The monoisotopic (exact) mass is 302 g/mol. The molecule has 0 aromatic carbocycles. The van der Waals surface area contributed by atoms with Gasteiger partial charge in [-0.05, 0) is 69.0 Å². The Morgan fingerprint density at radius 1 is 0.727 bits per heavy atom. The van der Waals surface area contributed by atoms with Crippen molar-refractivity contribution in [1.29, 1.82) is 0 Å². The standard InChI is InChI=1S/C22H38/c1-11-19(7)21(9)13(3)16-15-12(2)20(8,17(15)21)18(5,6)14(4)22(16,19)10/h12-17H,11H2,1-10H3. The summed E-state index contributed by atoms with van der Waals surface area (Å²) in [7, 11) is 0. The lowest BCUT2D eigenvalue weighted by atomic mass is 9.34. The van der Waals surface area contributed by atoms with Crippen LogP contribution in [0.4, 0.5) is 0 Å². The second kappa shape index (κ2) is 3.50. The van der Waals surface area contributed by atoms with Crippen molar-refractivity contribution in [1.82, 2.24) is 0 Å². The van der Waals surface area contributed by atoms with Crippen molar-refractivity contribution in [3.8, 4) is 0 Å². The van der Waals surface area contributed by atoms with Crippen LogP contribution in [0.25, 0.3) is 0 Å². The smallest absolute Gasteiger partial charge is 0.0201 e. The fraction of sp³-hybridized carbons (Fsp3) is 1.00. The summed E-state index contributed by atoms with van der Waals surface area (Å²) in [6, 6.07) is 0. The van der Waals surface area contributed by atoms with E-state index >= 15 is 0 Å². The summed E-state index contributed by atoms with van der Waals surface area (Å²) in [6.07, 6.45) is 1.36. The third-order valence-electron chi connectivity index (χ3n) is 12.2. The van der Waals surface area contributed by atoms with Gasteiger partial charge >= 0.3 is 0 Å². The van der Waals surface area contributed by atoms with Gasteiger partial charge in [-0.15, -0.1) is 0 Å². The minimum absolute atomic E-state index is 0.450. The van der Waals surface area contributed by atoms with Gasteiger partial charge in [0.05, 0.1) is 0 Å². The van der Waals surface area contributed by atoms with E-state index < -0.39 is 0 Å². The van der Waals surface area contributed by atoms with Gasteiger partial charge in [0.25, 0.3) is 0 Å². The lowest BCUT2D eigenvalue weighted by molar-refractivity contribution is -0.230. The average Bonchev–Trinajstić information content (AvgIpc) is 2.73. The van der Waals surface area contributed by atoms with Gasteiger partial charge in [-0.2, -0.15) is 0 Å². The maximum atomic E-state index is 2.71. The van der Waals surface area contributed by atoms with Crippen molar-refractivity contribution in [3.63, 3.8) is 0 Å². The van der Waals surface area contributed by atoms with Crippen LogP contribution in [-0.2, 0) is 0 Å². The highest BCUT2D eigenvalue weighted by molar-refractivity contribution is 5.36. The second-order valence-corrected chi connectivity index (χ2v) is 11.1. The first kappa shape index (κ1) is 15.5. The number of rotatable bonds is 1. The molecule has 5 fully saturated rings. The van der Waals surface area contributed by atoms with E-state index in [0.29, 0.717) is 27.1 Å². The average molecular weight is 303 g/mol. The van der Waals surface area contributed by atoms with Gasteiger partial charge in [0, 0.05) is 0 Å². The normalized spacial score (nSPS) is 70.6. The first-order valence-corrected chi connectivity index (χ1v) is 9.90. The van der Waals surface area contributed by atoms with Gasteiger partial charge in [-0.1, -0.05) is 69.2 Å². The molecule has 126 valence electrons. The summed E-state index contributed by atoms with van der Waals surface area (Å²) in [6.45, 7) is 26.4. The van der Waals surface area contributed by atoms with E-state index in [1.165, 1.54) is 6.42 Å². The number of fused-ring (bicyclic) bond motifs is 1. The predicted molar refractivity (Wildman–Crippen MR) is 94.5 cm³/mol. The Hall–Kier alpha value is 0. The molecule has 0 amide bonds. The van der Waals surface area contributed by atoms with Crippen molar-refractivity contribution < 1.29 is 0 Å². The van der Waals surface area contributed by atoms with Crippen LogP contribution in [0.3, 0.4) is 0 Å². The molecule has 0 aliphatic heterocycles. The van der Waals surface area contributed by atoms with Crippen LogP contribution in [0.1, 0.15) is 75.7 Å². The van der Waals surface area contributed by atoms with Crippen molar-refractivity contribution >= 4 is 0 Å². The molecule has 0 nitrogen and oxygen atoms in total. The van der Waals surface area contributed by atoms with Crippen LogP contribution in [0.5, 0.6) is 0 Å². The molecule has 0 aromatic heterocycles. The van der Waals surface area contributed by atoms with E-state index in [2.05, 4.69) is 69.2 Å². The minimum Gasteiger partial charge on any atom is -0.0648 e. The fourth-order valence-corrected chi connectivity index (χ4v) is 10.2.